The Morgan fingerprint density at radius 1 is 1.20 bits per heavy atom. The van der Waals surface area contributed by atoms with Gasteiger partial charge in [-0.25, -0.2) is 4.79 Å². The van der Waals surface area contributed by atoms with Crippen molar-refractivity contribution >= 4 is 40.9 Å². The molecule has 1 atom stereocenters. The molecule has 3 rings (SSSR count). The number of nitrogens with one attached hydrogen (secondary N) is 1. The van der Waals surface area contributed by atoms with Crippen LogP contribution in [-0.4, -0.2) is 46.6 Å². The molecule has 0 fully saturated rings. The molecule has 0 aliphatic carbocycles. The second kappa shape index (κ2) is 12.3. The number of methoxy groups -OCH3 is 2. The maximum absolute atomic E-state index is 12.5. The lowest BCUT2D eigenvalue weighted by molar-refractivity contribution is -0.113. The van der Waals surface area contributed by atoms with Crippen LogP contribution in [0, 0.1) is 0 Å². The summed E-state index contributed by atoms with van der Waals surface area (Å²) in [6.45, 7) is 6.11. The van der Waals surface area contributed by atoms with Crippen LogP contribution in [-0.2, 0) is 16.1 Å². The highest BCUT2D eigenvalue weighted by molar-refractivity contribution is 7.99. The smallest absolute Gasteiger partial charge is 0.339 e. The van der Waals surface area contributed by atoms with E-state index in [-0.39, 0.29) is 22.2 Å². The lowest BCUT2D eigenvalue weighted by atomic mass is 10.2. The molecule has 1 amide bonds. The predicted octanol–water partition coefficient (Wildman–Crippen LogP) is 4.78. The van der Waals surface area contributed by atoms with Gasteiger partial charge in [0.25, 0.3) is 0 Å². The summed E-state index contributed by atoms with van der Waals surface area (Å²) >= 11 is 7.25. The van der Waals surface area contributed by atoms with Gasteiger partial charge in [0, 0.05) is 18.3 Å². The lowest BCUT2D eigenvalue weighted by Gasteiger charge is -2.16. The highest BCUT2D eigenvalue weighted by atomic mass is 35.5. The zero-order valence-electron chi connectivity index (χ0n) is 19.5. The number of carbonyl (C=O) groups excluding carboxylic acids is 2. The molecule has 1 unspecified atom stereocenters. The van der Waals surface area contributed by atoms with E-state index in [9.17, 15) is 9.59 Å². The average molecular weight is 517 g/mol. The van der Waals surface area contributed by atoms with E-state index in [1.165, 1.54) is 31.0 Å². The van der Waals surface area contributed by atoms with Crippen molar-refractivity contribution < 1.29 is 23.8 Å². The van der Waals surface area contributed by atoms with E-state index in [0.29, 0.717) is 34.7 Å². The Morgan fingerprint density at radius 3 is 2.69 bits per heavy atom. The number of amides is 1. The minimum atomic E-state index is -0.587. The number of anilines is 1. The Morgan fingerprint density at radius 2 is 1.97 bits per heavy atom. The molecule has 9 nitrogen and oxygen atoms in total. The summed E-state index contributed by atoms with van der Waals surface area (Å²) in [5.74, 6) is 1.10. The fraction of sp³-hybridized carbons (Fsp3) is 0.250. The summed E-state index contributed by atoms with van der Waals surface area (Å²) < 4.78 is 17.8. The van der Waals surface area contributed by atoms with Crippen LogP contribution in [0.5, 0.6) is 11.5 Å². The molecule has 1 aromatic heterocycles. The molecule has 0 saturated carbocycles. The molecule has 2 aromatic carbocycles. The number of esters is 1. The van der Waals surface area contributed by atoms with Crippen molar-refractivity contribution in [2.45, 2.75) is 24.7 Å². The number of rotatable bonds is 11. The van der Waals surface area contributed by atoms with Gasteiger partial charge >= 0.3 is 5.97 Å². The predicted molar refractivity (Wildman–Crippen MR) is 134 cm³/mol. The molecule has 0 bridgehead atoms. The number of carbonyl (C=O) groups is 2. The molecular weight excluding hydrogens is 492 g/mol. The van der Waals surface area contributed by atoms with Crippen LogP contribution in [0.15, 0.2) is 60.3 Å². The highest BCUT2D eigenvalue weighted by Crippen LogP contribution is 2.27. The molecular formula is C24H25ClN4O5S. The van der Waals surface area contributed by atoms with Crippen LogP contribution in [0.3, 0.4) is 0 Å². The molecule has 0 aliphatic heterocycles. The average Bonchev–Trinajstić information content (AvgIpc) is 3.26. The number of hydrogen-bond donors (Lipinski definition) is 1. The van der Waals surface area contributed by atoms with Crippen LogP contribution >= 0.6 is 23.4 Å². The van der Waals surface area contributed by atoms with E-state index in [0.717, 1.165) is 0 Å². The van der Waals surface area contributed by atoms with E-state index in [1.54, 1.807) is 25.3 Å². The summed E-state index contributed by atoms with van der Waals surface area (Å²) in [4.78, 5) is 24.4. The Bertz CT molecular complexity index is 1220. The third-order valence-electron chi connectivity index (χ3n) is 4.76. The Hall–Kier alpha value is -3.50. The van der Waals surface area contributed by atoms with Gasteiger partial charge in [-0.15, -0.1) is 16.8 Å². The van der Waals surface area contributed by atoms with Crippen LogP contribution < -0.4 is 14.8 Å². The van der Waals surface area contributed by atoms with Crippen molar-refractivity contribution in [3.8, 4) is 11.5 Å². The number of nitrogens with zero attached hydrogens (tertiary/aromatic N) is 3. The fourth-order valence-electron chi connectivity index (χ4n) is 3.14. The van der Waals surface area contributed by atoms with Crippen molar-refractivity contribution in [2.24, 2.45) is 0 Å². The first-order chi connectivity index (χ1) is 16.9. The Balaban J connectivity index is 1.68. The molecule has 0 spiro atoms. The molecule has 0 aliphatic rings. The van der Waals surface area contributed by atoms with Crippen molar-refractivity contribution in [3.05, 3.63) is 71.5 Å². The first-order valence-electron chi connectivity index (χ1n) is 10.5. The quantitative estimate of drug-likeness (QED) is 0.220. The lowest BCUT2D eigenvalue weighted by Crippen LogP contribution is -2.16. The number of allylic oxidation sites excluding steroid dienone is 1. The number of halogens is 1. The van der Waals surface area contributed by atoms with Gasteiger partial charge in [-0.1, -0.05) is 35.5 Å². The second-order valence-corrected chi connectivity index (χ2v) is 8.55. The fourth-order valence-corrected chi connectivity index (χ4v) is 4.09. The molecule has 1 heterocycles. The number of hydrogen-bond acceptors (Lipinski definition) is 8. The zero-order valence-corrected chi connectivity index (χ0v) is 21.1. The molecule has 0 radical (unpaired) electrons. The molecule has 1 N–H and O–H groups in total. The van der Waals surface area contributed by atoms with Crippen LogP contribution in [0.4, 0.5) is 5.69 Å². The van der Waals surface area contributed by atoms with Gasteiger partial charge < -0.3 is 19.5 Å². The zero-order chi connectivity index (χ0) is 25.4. The molecule has 184 valence electrons. The third-order valence-corrected chi connectivity index (χ3v) is 6.06. The van der Waals surface area contributed by atoms with Gasteiger partial charge in [0.05, 0.1) is 30.6 Å². The minimum absolute atomic E-state index is 0.0661. The number of thioether (sulfide) groups is 1. The summed E-state index contributed by atoms with van der Waals surface area (Å²) in [6, 6.07) is 11.9. The van der Waals surface area contributed by atoms with Crippen LogP contribution in [0.1, 0.15) is 29.2 Å². The highest BCUT2D eigenvalue weighted by Gasteiger charge is 2.20. The topological polar surface area (TPSA) is 105 Å². The first kappa shape index (κ1) is 26.1. The summed E-state index contributed by atoms with van der Waals surface area (Å²) in [7, 11) is 2.85. The standard InChI is InChI=1S/C24H25ClN4O5S/c1-5-11-29-22(15(2)34-18-8-6-7-17(13-18)32-3)27-28-24(29)35-14-21(30)26-16-9-10-20(25)19(12-16)23(31)33-4/h5-10,12-13,15H,1,11,14H2,2-4H3,(H,26,30). The molecule has 11 heteroatoms. The molecule has 0 saturated heterocycles. The summed E-state index contributed by atoms with van der Waals surface area (Å²) in [5.41, 5.74) is 0.592. The van der Waals surface area contributed by atoms with Crippen LogP contribution in [0.2, 0.25) is 5.02 Å². The summed E-state index contributed by atoms with van der Waals surface area (Å²) in [5, 5.41) is 12.0. The van der Waals surface area contributed by atoms with Crippen molar-refractivity contribution in [3.63, 3.8) is 0 Å². The van der Waals surface area contributed by atoms with Crippen LogP contribution in [0.25, 0.3) is 0 Å². The second-order valence-electron chi connectivity index (χ2n) is 7.20. The number of ether oxygens (including phenoxy) is 3. The SMILES string of the molecule is C=CCn1c(SCC(=O)Nc2ccc(Cl)c(C(=O)OC)c2)nnc1C(C)Oc1cccc(OC)c1. The van der Waals surface area contributed by atoms with E-state index in [2.05, 4.69) is 22.1 Å². The Labute approximate surface area is 212 Å². The van der Waals surface area contributed by atoms with Crippen molar-refractivity contribution in [2.75, 3.05) is 25.3 Å². The first-order valence-corrected chi connectivity index (χ1v) is 11.9. The normalized spacial score (nSPS) is 11.4. The van der Waals surface area contributed by atoms with Crippen molar-refractivity contribution in [1.29, 1.82) is 0 Å². The van der Waals surface area contributed by atoms with E-state index >= 15 is 0 Å². The van der Waals surface area contributed by atoms with Gasteiger partial charge in [0.2, 0.25) is 5.91 Å². The van der Waals surface area contributed by atoms with Gasteiger partial charge in [0.1, 0.15) is 11.5 Å². The molecule has 3 aromatic rings. The van der Waals surface area contributed by atoms with Gasteiger partial charge in [0.15, 0.2) is 17.1 Å². The number of benzene rings is 2. The van der Waals surface area contributed by atoms with Gasteiger partial charge in [-0.3, -0.25) is 9.36 Å². The maximum Gasteiger partial charge on any atom is 0.339 e. The molecule has 35 heavy (non-hydrogen) atoms. The van der Waals surface area contributed by atoms with Crippen molar-refractivity contribution in [1.82, 2.24) is 14.8 Å². The van der Waals surface area contributed by atoms with E-state index < -0.39 is 12.1 Å². The van der Waals surface area contributed by atoms with E-state index in [1.807, 2.05) is 29.7 Å². The number of aromatic nitrogens is 3. The van der Waals surface area contributed by atoms with E-state index in [4.69, 9.17) is 25.8 Å². The largest absolute Gasteiger partial charge is 0.497 e. The van der Waals surface area contributed by atoms with Gasteiger partial charge in [-0.2, -0.15) is 0 Å². The summed E-state index contributed by atoms with van der Waals surface area (Å²) in [6.07, 6.45) is 1.31. The minimum Gasteiger partial charge on any atom is -0.497 e. The third kappa shape index (κ3) is 6.77. The van der Waals surface area contributed by atoms with Gasteiger partial charge in [-0.05, 0) is 37.3 Å². The Kier molecular flexibility index (Phi) is 9.16. The monoisotopic (exact) mass is 516 g/mol. The maximum atomic E-state index is 12.5.